The van der Waals surface area contributed by atoms with Crippen molar-refractivity contribution in [3.8, 4) is 0 Å². The summed E-state index contributed by atoms with van der Waals surface area (Å²) in [5, 5.41) is 24.2. The van der Waals surface area contributed by atoms with Crippen LogP contribution in [-0.4, -0.2) is 55.7 Å². The predicted octanol–water partition coefficient (Wildman–Crippen LogP) is 7.74. The van der Waals surface area contributed by atoms with Gasteiger partial charge in [-0.25, -0.2) is 0 Å². The van der Waals surface area contributed by atoms with Crippen molar-refractivity contribution in [2.24, 2.45) is 5.92 Å². The number of nitrogens with zero attached hydrogens (tertiary/aromatic N) is 3. The number of rotatable bonds is 16. The number of benzene rings is 5. The van der Waals surface area contributed by atoms with E-state index in [0.717, 1.165) is 0 Å². The summed E-state index contributed by atoms with van der Waals surface area (Å²) >= 11 is 6.10. The number of amides is 1. The molecule has 0 aliphatic carbocycles. The van der Waals surface area contributed by atoms with Crippen LogP contribution in [0.2, 0.25) is 0 Å². The normalized spacial score (nSPS) is 17.3. The summed E-state index contributed by atoms with van der Waals surface area (Å²) in [6.07, 6.45) is -3.18. The monoisotopic (exact) mass is 839 g/mol. The minimum atomic E-state index is -4.87. The number of nitro groups is 2. The SMILES string of the molecule is C[C@@H](OC(=O)OCc1ccccc1[N+](=O)[O-])[C@H]1C(=O)N(CP(C(=O)OCc2ccccc2[N+](=O)[O-])(c2ccccc2)(c2ccccc2)c2ccccc2)[C@]1(C)CC(=O)Cl. The van der Waals surface area contributed by atoms with Crippen LogP contribution in [0.4, 0.5) is 21.0 Å². The van der Waals surface area contributed by atoms with Crippen LogP contribution in [0.3, 0.4) is 0 Å². The Labute approximate surface area is 343 Å². The first kappa shape index (κ1) is 42.1. The summed E-state index contributed by atoms with van der Waals surface area (Å²) < 4.78 is 17.1. The zero-order valence-corrected chi connectivity index (χ0v) is 33.6. The van der Waals surface area contributed by atoms with Crippen LogP contribution in [0, 0.1) is 26.1 Å². The molecule has 304 valence electrons. The molecule has 1 saturated heterocycles. The molecule has 0 saturated carbocycles. The van der Waals surface area contributed by atoms with Crippen LogP contribution in [0.25, 0.3) is 0 Å². The van der Waals surface area contributed by atoms with E-state index in [4.69, 9.17) is 25.8 Å². The summed E-state index contributed by atoms with van der Waals surface area (Å²) in [4.78, 5) is 80.2. The average molecular weight is 840 g/mol. The Morgan fingerprint density at radius 2 is 1.12 bits per heavy atom. The van der Waals surface area contributed by atoms with Crippen LogP contribution in [0.1, 0.15) is 31.4 Å². The van der Waals surface area contributed by atoms with Crippen LogP contribution in [0.5, 0.6) is 0 Å². The van der Waals surface area contributed by atoms with Crippen molar-refractivity contribution < 1.29 is 43.2 Å². The van der Waals surface area contributed by atoms with Crippen molar-refractivity contribution in [3.05, 3.63) is 171 Å². The van der Waals surface area contributed by atoms with Crippen molar-refractivity contribution in [3.63, 3.8) is 0 Å². The first-order valence-electron chi connectivity index (χ1n) is 18.4. The van der Waals surface area contributed by atoms with Gasteiger partial charge in [0.25, 0.3) is 0 Å². The Hall–Kier alpha value is -6.50. The number of para-hydroxylation sites is 2. The number of hydrogen-bond donors (Lipinski definition) is 0. The van der Waals surface area contributed by atoms with Crippen LogP contribution < -0.4 is 15.9 Å². The van der Waals surface area contributed by atoms with Crippen LogP contribution in [0.15, 0.2) is 140 Å². The van der Waals surface area contributed by atoms with Gasteiger partial charge in [0.1, 0.15) is 0 Å². The number of β-lactam (4-membered cyclic amide) rings is 1. The topological polar surface area (TPSA) is 185 Å². The fourth-order valence-electron chi connectivity index (χ4n) is 8.13. The van der Waals surface area contributed by atoms with E-state index in [1.165, 1.54) is 48.2 Å². The van der Waals surface area contributed by atoms with Gasteiger partial charge >= 0.3 is 329 Å². The second-order valence-electron chi connectivity index (χ2n) is 14.3. The van der Waals surface area contributed by atoms with Crippen molar-refractivity contribution in [1.29, 1.82) is 0 Å². The molecule has 5 aromatic rings. The summed E-state index contributed by atoms with van der Waals surface area (Å²) in [5.74, 6) is -1.75. The Balaban J connectivity index is 1.46. The van der Waals surface area contributed by atoms with E-state index in [9.17, 15) is 34.6 Å². The van der Waals surface area contributed by atoms with Gasteiger partial charge in [0.05, 0.1) is 0 Å². The number of carbonyl (C=O) groups is 4. The Kier molecular flexibility index (Phi) is 12.2. The van der Waals surface area contributed by atoms with Crippen LogP contribution in [-0.2, 0) is 37.0 Å². The van der Waals surface area contributed by atoms with Gasteiger partial charge < -0.3 is 0 Å². The zero-order valence-electron chi connectivity index (χ0n) is 31.9. The quantitative estimate of drug-likeness (QED) is 0.0236. The molecule has 1 aliphatic rings. The second-order valence-corrected chi connectivity index (χ2v) is 19.5. The Morgan fingerprint density at radius 3 is 1.54 bits per heavy atom. The van der Waals surface area contributed by atoms with E-state index < -0.39 is 76.7 Å². The molecule has 59 heavy (non-hydrogen) atoms. The minimum absolute atomic E-state index is 0.119. The fraction of sp³-hybridized carbons (Fsp3) is 0.209. The number of carbonyl (C=O) groups excluding carboxylic acids is 4. The second kappa shape index (κ2) is 17.2. The number of likely N-dealkylation sites (tertiary alicyclic amines) is 1. The molecule has 0 radical (unpaired) electrons. The summed E-state index contributed by atoms with van der Waals surface area (Å²) in [6, 6.07) is 38.1. The Bertz CT molecular complexity index is 2300. The third-order valence-corrected chi connectivity index (χ3v) is 17.2. The predicted molar refractivity (Wildman–Crippen MR) is 221 cm³/mol. The summed E-state index contributed by atoms with van der Waals surface area (Å²) in [7, 11) is 0. The molecule has 16 heteroatoms. The molecule has 1 heterocycles. The molecule has 0 bridgehead atoms. The van der Waals surface area contributed by atoms with Crippen molar-refractivity contribution >= 4 is 68.5 Å². The van der Waals surface area contributed by atoms with E-state index in [1.54, 1.807) is 110 Å². The first-order valence-corrected chi connectivity index (χ1v) is 21.2. The molecular formula is C43H39ClN3O11P. The summed E-state index contributed by atoms with van der Waals surface area (Å²) in [5.41, 5.74) is -2.46. The molecule has 14 nitrogen and oxygen atoms in total. The van der Waals surface area contributed by atoms with E-state index in [2.05, 4.69) is 0 Å². The van der Waals surface area contributed by atoms with Gasteiger partial charge in [0.2, 0.25) is 0 Å². The molecular weight excluding hydrogens is 801 g/mol. The molecule has 1 amide bonds. The third kappa shape index (κ3) is 7.64. The van der Waals surface area contributed by atoms with Crippen molar-refractivity contribution in [2.75, 3.05) is 6.29 Å². The average Bonchev–Trinajstić information content (AvgIpc) is 3.23. The molecule has 1 aliphatic heterocycles. The number of nitro benzene ring substituents is 2. The number of halogens is 1. The Morgan fingerprint density at radius 1 is 0.712 bits per heavy atom. The van der Waals surface area contributed by atoms with Crippen LogP contribution >= 0.6 is 18.2 Å². The molecule has 6 rings (SSSR count). The molecule has 3 atom stereocenters. The van der Waals surface area contributed by atoms with Gasteiger partial charge in [-0.1, -0.05) is 6.07 Å². The molecule has 0 N–H and O–H groups in total. The van der Waals surface area contributed by atoms with Gasteiger partial charge in [0, 0.05) is 0 Å². The molecule has 5 aromatic carbocycles. The summed E-state index contributed by atoms with van der Waals surface area (Å²) in [6.45, 7) is -2.77. The van der Waals surface area contributed by atoms with E-state index >= 15 is 4.79 Å². The molecule has 0 aromatic heterocycles. The van der Waals surface area contributed by atoms with Gasteiger partial charge in [-0.3, -0.25) is 10.1 Å². The molecule has 0 unspecified atom stereocenters. The maximum atomic E-state index is 15.8. The first-order chi connectivity index (χ1) is 28.2. The molecule has 0 spiro atoms. The third-order valence-electron chi connectivity index (χ3n) is 10.9. The number of hydrogen-bond acceptors (Lipinski definition) is 11. The molecule has 1 fully saturated rings. The zero-order chi connectivity index (χ0) is 42.4. The standard InChI is InChI=1S/C43H39ClN3O11P/c1-30(58-41(50)56-27-31-16-12-14-24-36(31)46(52)53)39-40(49)45(43(39,2)26-38(44)48)29-59(33-18-6-3-7-19-33,34-20-8-4-9-21-34,35-22-10-5-11-23-35)42(51)57-28-32-17-13-15-25-37(32)47(54)55/h3-25,30,39H,26-29H2,1-2H3/t30-,39+,43-/m1/s1. The maximum absolute atomic E-state index is 15.8. The van der Waals surface area contributed by atoms with Gasteiger partial charge in [-0.05, 0) is 0 Å². The van der Waals surface area contributed by atoms with E-state index in [-0.39, 0.29) is 28.8 Å². The van der Waals surface area contributed by atoms with Crippen molar-refractivity contribution in [1.82, 2.24) is 4.90 Å². The van der Waals surface area contributed by atoms with Crippen molar-refractivity contribution in [2.45, 2.75) is 45.1 Å². The van der Waals surface area contributed by atoms with E-state index in [0.29, 0.717) is 15.9 Å². The van der Waals surface area contributed by atoms with Gasteiger partial charge in [-0.2, -0.15) is 0 Å². The van der Waals surface area contributed by atoms with Gasteiger partial charge in [0.15, 0.2) is 0 Å². The fourth-order valence-corrected chi connectivity index (χ4v) is 14.4. The van der Waals surface area contributed by atoms with Gasteiger partial charge in [-0.15, -0.1) is 0 Å². The number of ether oxygens (including phenoxy) is 3. The van der Waals surface area contributed by atoms with E-state index in [1.807, 2.05) is 0 Å².